The normalized spacial score (nSPS) is 14.8. The highest BCUT2D eigenvalue weighted by molar-refractivity contribution is 5.59. The highest BCUT2D eigenvalue weighted by Crippen LogP contribution is 2.39. The van der Waals surface area contributed by atoms with Crippen molar-refractivity contribution >= 4 is 5.82 Å². The van der Waals surface area contributed by atoms with E-state index in [2.05, 4.69) is 42.0 Å². The Bertz CT molecular complexity index is 601. The lowest BCUT2D eigenvalue weighted by Gasteiger charge is -2.07. The van der Waals surface area contributed by atoms with Gasteiger partial charge in [0.15, 0.2) is 5.82 Å². The summed E-state index contributed by atoms with van der Waals surface area (Å²) < 4.78 is 0. The second-order valence-corrected chi connectivity index (χ2v) is 5.11. The Morgan fingerprint density at radius 3 is 2.50 bits per heavy atom. The zero-order chi connectivity index (χ0) is 12.7. The van der Waals surface area contributed by atoms with Crippen molar-refractivity contribution in [3.05, 3.63) is 41.1 Å². The molecule has 0 radical (unpaired) electrons. The summed E-state index contributed by atoms with van der Waals surface area (Å²) in [4.78, 5) is 9.00. The first-order valence-electron chi connectivity index (χ1n) is 6.35. The number of anilines is 1. The second kappa shape index (κ2) is 4.09. The maximum atomic E-state index is 5.88. The van der Waals surface area contributed by atoms with Gasteiger partial charge < -0.3 is 5.73 Å². The number of nitrogens with zero attached hydrogens (tertiary/aromatic N) is 2. The molecule has 0 unspecified atom stereocenters. The third kappa shape index (κ3) is 2.08. The summed E-state index contributed by atoms with van der Waals surface area (Å²) in [6.07, 6.45) is 2.45. The van der Waals surface area contributed by atoms with E-state index < -0.39 is 0 Å². The van der Waals surface area contributed by atoms with Crippen LogP contribution >= 0.6 is 0 Å². The molecule has 1 aromatic carbocycles. The molecule has 0 amide bonds. The first kappa shape index (κ1) is 11.2. The fraction of sp³-hybridized carbons (Fsp3) is 0.333. The highest BCUT2D eigenvalue weighted by atomic mass is 15.0. The zero-order valence-electron chi connectivity index (χ0n) is 10.8. The number of aryl methyl sites for hydroxylation is 2. The molecule has 1 aliphatic rings. The molecule has 0 spiro atoms. The quantitative estimate of drug-likeness (QED) is 0.875. The molecular formula is C15H17N3. The highest BCUT2D eigenvalue weighted by Gasteiger charge is 2.26. The molecule has 0 aliphatic heterocycles. The molecule has 3 heteroatoms. The van der Waals surface area contributed by atoms with Crippen LogP contribution in [0.4, 0.5) is 5.82 Å². The third-order valence-corrected chi connectivity index (χ3v) is 3.53. The van der Waals surface area contributed by atoms with Crippen LogP contribution in [0.2, 0.25) is 0 Å². The largest absolute Gasteiger partial charge is 0.384 e. The predicted octanol–water partition coefficient (Wildman–Crippen LogP) is 3.22. The second-order valence-electron chi connectivity index (χ2n) is 5.11. The molecule has 1 aromatic heterocycles. The van der Waals surface area contributed by atoms with E-state index in [1.165, 1.54) is 24.0 Å². The Morgan fingerprint density at radius 1 is 1.06 bits per heavy atom. The first-order valence-corrected chi connectivity index (χ1v) is 6.35. The summed E-state index contributed by atoms with van der Waals surface area (Å²) in [5, 5.41) is 0. The molecule has 2 N–H and O–H groups in total. The number of rotatable bonds is 2. The molecule has 1 saturated carbocycles. The molecular weight excluding hydrogens is 222 g/mol. The average molecular weight is 239 g/mol. The van der Waals surface area contributed by atoms with Crippen molar-refractivity contribution < 1.29 is 0 Å². The van der Waals surface area contributed by atoms with E-state index >= 15 is 0 Å². The number of hydrogen-bond donors (Lipinski definition) is 1. The van der Waals surface area contributed by atoms with Crippen LogP contribution in [0, 0.1) is 13.8 Å². The van der Waals surface area contributed by atoms with Crippen molar-refractivity contribution in [3.8, 4) is 11.4 Å². The number of benzene rings is 1. The van der Waals surface area contributed by atoms with Crippen LogP contribution in [-0.4, -0.2) is 9.97 Å². The topological polar surface area (TPSA) is 51.8 Å². The van der Waals surface area contributed by atoms with Crippen LogP contribution in [-0.2, 0) is 0 Å². The number of aromatic nitrogens is 2. The summed E-state index contributed by atoms with van der Waals surface area (Å²) in [5.74, 6) is 1.92. The summed E-state index contributed by atoms with van der Waals surface area (Å²) in [6, 6.07) is 8.20. The summed E-state index contributed by atoms with van der Waals surface area (Å²) in [6.45, 7) is 4.21. The maximum absolute atomic E-state index is 5.88. The maximum Gasteiger partial charge on any atom is 0.161 e. The van der Waals surface area contributed by atoms with E-state index in [1.54, 1.807) is 0 Å². The van der Waals surface area contributed by atoms with E-state index in [0.717, 1.165) is 17.1 Å². The van der Waals surface area contributed by atoms with Gasteiger partial charge >= 0.3 is 0 Å². The van der Waals surface area contributed by atoms with Gasteiger partial charge in [-0.05, 0) is 43.9 Å². The summed E-state index contributed by atoms with van der Waals surface area (Å²) >= 11 is 0. The molecule has 18 heavy (non-hydrogen) atoms. The van der Waals surface area contributed by atoms with Gasteiger partial charge in [-0.15, -0.1) is 0 Å². The molecule has 3 rings (SSSR count). The molecule has 0 saturated heterocycles. The van der Waals surface area contributed by atoms with Crippen LogP contribution in [0.1, 0.15) is 35.6 Å². The standard InChI is InChI=1S/C15H17N3/c1-9-3-4-12(7-10(9)2)15-17-13(11-5-6-11)8-14(16)18-15/h3-4,7-8,11H,5-6H2,1-2H3,(H2,16,17,18). The lowest BCUT2D eigenvalue weighted by Crippen LogP contribution is -1.99. The van der Waals surface area contributed by atoms with E-state index in [0.29, 0.717) is 11.7 Å². The molecule has 1 heterocycles. The molecule has 2 aromatic rings. The number of nitrogen functional groups attached to an aromatic ring is 1. The fourth-order valence-electron chi connectivity index (χ4n) is 2.08. The first-order chi connectivity index (χ1) is 8.63. The minimum absolute atomic E-state index is 0.570. The molecule has 92 valence electrons. The summed E-state index contributed by atoms with van der Waals surface area (Å²) in [5.41, 5.74) is 10.6. The molecule has 3 nitrogen and oxygen atoms in total. The van der Waals surface area contributed by atoms with E-state index in [1.807, 2.05) is 6.07 Å². The molecule has 0 atom stereocenters. The predicted molar refractivity (Wildman–Crippen MR) is 73.3 cm³/mol. The zero-order valence-corrected chi connectivity index (χ0v) is 10.8. The monoisotopic (exact) mass is 239 g/mol. The van der Waals surface area contributed by atoms with Gasteiger partial charge in [0, 0.05) is 23.2 Å². The lowest BCUT2D eigenvalue weighted by molar-refractivity contribution is 0.998. The van der Waals surface area contributed by atoms with Crippen molar-refractivity contribution in [2.24, 2.45) is 0 Å². The van der Waals surface area contributed by atoms with Crippen LogP contribution in [0.25, 0.3) is 11.4 Å². The van der Waals surface area contributed by atoms with Crippen molar-refractivity contribution in [2.45, 2.75) is 32.6 Å². The van der Waals surface area contributed by atoms with Crippen molar-refractivity contribution in [1.82, 2.24) is 9.97 Å². The average Bonchev–Trinajstić information content (AvgIpc) is 3.16. The van der Waals surface area contributed by atoms with Crippen molar-refractivity contribution in [1.29, 1.82) is 0 Å². The van der Waals surface area contributed by atoms with Gasteiger partial charge in [-0.3, -0.25) is 0 Å². The van der Waals surface area contributed by atoms with Crippen molar-refractivity contribution in [2.75, 3.05) is 5.73 Å². The van der Waals surface area contributed by atoms with Gasteiger partial charge in [0.05, 0.1) is 0 Å². The SMILES string of the molecule is Cc1ccc(-c2nc(N)cc(C3CC3)n2)cc1C. The summed E-state index contributed by atoms with van der Waals surface area (Å²) in [7, 11) is 0. The fourth-order valence-corrected chi connectivity index (χ4v) is 2.08. The Balaban J connectivity index is 2.07. The Kier molecular flexibility index (Phi) is 2.54. The number of nitrogens with two attached hydrogens (primary N) is 1. The molecule has 0 bridgehead atoms. The molecule has 1 fully saturated rings. The van der Waals surface area contributed by atoms with Crippen LogP contribution in [0.5, 0.6) is 0 Å². The van der Waals surface area contributed by atoms with Gasteiger partial charge in [-0.2, -0.15) is 0 Å². The van der Waals surface area contributed by atoms with E-state index in [4.69, 9.17) is 5.73 Å². The minimum atomic E-state index is 0.570. The number of hydrogen-bond acceptors (Lipinski definition) is 3. The Morgan fingerprint density at radius 2 is 1.83 bits per heavy atom. The Labute approximate surface area is 107 Å². The minimum Gasteiger partial charge on any atom is -0.384 e. The smallest absolute Gasteiger partial charge is 0.161 e. The Hall–Kier alpha value is -1.90. The van der Waals surface area contributed by atoms with Crippen LogP contribution in [0.3, 0.4) is 0 Å². The van der Waals surface area contributed by atoms with Crippen LogP contribution in [0.15, 0.2) is 24.3 Å². The third-order valence-electron chi connectivity index (χ3n) is 3.53. The lowest BCUT2D eigenvalue weighted by atomic mass is 10.1. The van der Waals surface area contributed by atoms with Gasteiger partial charge in [0.2, 0.25) is 0 Å². The van der Waals surface area contributed by atoms with Gasteiger partial charge in [-0.25, -0.2) is 9.97 Å². The van der Waals surface area contributed by atoms with Crippen LogP contribution < -0.4 is 5.73 Å². The van der Waals surface area contributed by atoms with Crippen molar-refractivity contribution in [3.63, 3.8) is 0 Å². The van der Waals surface area contributed by atoms with E-state index in [9.17, 15) is 0 Å². The van der Waals surface area contributed by atoms with E-state index in [-0.39, 0.29) is 0 Å². The van der Waals surface area contributed by atoms with Gasteiger partial charge in [0.1, 0.15) is 5.82 Å². The van der Waals surface area contributed by atoms with Gasteiger partial charge in [0.25, 0.3) is 0 Å². The van der Waals surface area contributed by atoms with Gasteiger partial charge in [-0.1, -0.05) is 12.1 Å². The molecule has 1 aliphatic carbocycles.